The van der Waals surface area contributed by atoms with Crippen LogP contribution in [0.4, 0.5) is 30.7 Å². The van der Waals surface area contributed by atoms with Crippen molar-refractivity contribution in [1.29, 1.82) is 0 Å². The van der Waals surface area contributed by atoms with E-state index < -0.39 is 82.6 Å². The predicted octanol–water partition coefficient (Wildman–Crippen LogP) is 4.12. The van der Waals surface area contributed by atoms with Crippen LogP contribution in [0.5, 0.6) is 0 Å². The van der Waals surface area contributed by atoms with E-state index in [4.69, 9.17) is 4.55 Å². The highest BCUT2D eigenvalue weighted by atomic mass is 32.2. The number of halogens is 7. The summed E-state index contributed by atoms with van der Waals surface area (Å²) in [5, 5.41) is -3.73. The number of hydrogen-bond donors (Lipinski definition) is 2. The van der Waals surface area contributed by atoms with E-state index in [0.717, 1.165) is 13.3 Å². The monoisotopic (exact) mass is 545 g/mol. The first-order valence-corrected chi connectivity index (χ1v) is 11.9. The van der Waals surface area contributed by atoms with Gasteiger partial charge in [-0.15, -0.1) is 0 Å². The van der Waals surface area contributed by atoms with Crippen molar-refractivity contribution in [3.63, 3.8) is 0 Å². The maximum Gasteiger partial charge on any atom is 0.466 e. The summed E-state index contributed by atoms with van der Waals surface area (Å²) in [6, 6.07) is -0.675. The molecule has 1 rings (SSSR count). The molecule has 0 aliphatic heterocycles. The van der Waals surface area contributed by atoms with Crippen molar-refractivity contribution in [3.05, 3.63) is 12.2 Å². The summed E-state index contributed by atoms with van der Waals surface area (Å²) in [5.41, 5.74) is -0.514. The Balaban J connectivity index is 3.02. The van der Waals surface area contributed by atoms with Crippen molar-refractivity contribution in [1.82, 2.24) is 5.32 Å². The highest BCUT2D eigenvalue weighted by Crippen LogP contribution is 2.42. The van der Waals surface area contributed by atoms with Gasteiger partial charge >= 0.3 is 45.1 Å². The minimum absolute atomic E-state index is 0.352. The molecule has 16 heteroatoms. The lowest BCUT2D eigenvalue weighted by atomic mass is 9.95. The largest absolute Gasteiger partial charge is 0.466 e. The molecule has 0 spiro atoms. The summed E-state index contributed by atoms with van der Waals surface area (Å²) >= 11 is 0. The van der Waals surface area contributed by atoms with Gasteiger partial charge in [-0.3, -0.25) is 9.35 Å². The Morgan fingerprint density at radius 2 is 1.57 bits per heavy atom. The molecule has 0 aromatic rings. The number of alkyl halides is 7. The molecular formula is C19H26F7NO7S. The summed E-state index contributed by atoms with van der Waals surface area (Å²) in [6.07, 6.45) is -6.56. The van der Waals surface area contributed by atoms with Gasteiger partial charge in [-0.25, -0.2) is 4.79 Å². The molecule has 1 aliphatic rings. The molecule has 1 atom stereocenters. The first-order valence-electron chi connectivity index (χ1n) is 10.4. The van der Waals surface area contributed by atoms with Gasteiger partial charge in [-0.05, 0) is 32.6 Å². The van der Waals surface area contributed by atoms with E-state index in [1.54, 1.807) is 0 Å². The first kappa shape index (κ1) is 31.1. The molecule has 0 heterocycles. The van der Waals surface area contributed by atoms with Crippen molar-refractivity contribution in [3.8, 4) is 0 Å². The van der Waals surface area contributed by atoms with Crippen LogP contribution >= 0.6 is 0 Å². The van der Waals surface area contributed by atoms with Gasteiger partial charge in [-0.2, -0.15) is 39.2 Å². The van der Waals surface area contributed by atoms with Crippen molar-refractivity contribution in [2.24, 2.45) is 0 Å². The minimum atomic E-state index is -6.47. The fourth-order valence-corrected chi connectivity index (χ4v) is 3.63. The predicted molar refractivity (Wildman–Crippen MR) is 106 cm³/mol. The van der Waals surface area contributed by atoms with Crippen LogP contribution < -0.4 is 5.32 Å². The molecule has 8 nitrogen and oxygen atoms in total. The third-order valence-corrected chi connectivity index (χ3v) is 6.08. The Morgan fingerprint density at radius 3 is 2.03 bits per heavy atom. The van der Waals surface area contributed by atoms with Crippen LogP contribution in [-0.2, 0) is 29.2 Å². The van der Waals surface area contributed by atoms with Gasteiger partial charge in [0.1, 0.15) is 0 Å². The molecule has 1 aliphatic carbocycles. The van der Waals surface area contributed by atoms with Crippen molar-refractivity contribution in [2.75, 3.05) is 6.61 Å². The molecule has 0 saturated heterocycles. The fraction of sp³-hybridized carbons (Fsp3) is 0.789. The second kappa shape index (κ2) is 11.4. The molecule has 2 N–H and O–H groups in total. The van der Waals surface area contributed by atoms with Crippen LogP contribution in [0.15, 0.2) is 12.2 Å². The van der Waals surface area contributed by atoms with E-state index in [9.17, 15) is 48.7 Å². The number of hydrogen-bond acceptors (Lipinski definition) is 6. The van der Waals surface area contributed by atoms with Gasteiger partial charge in [0, 0.05) is 18.0 Å². The van der Waals surface area contributed by atoms with Gasteiger partial charge in [0.05, 0.1) is 6.61 Å². The fourth-order valence-electron chi connectivity index (χ4n) is 3.15. The molecular weight excluding hydrogens is 519 g/mol. The van der Waals surface area contributed by atoms with Gasteiger partial charge in [-0.1, -0.05) is 25.8 Å². The van der Waals surface area contributed by atoms with Gasteiger partial charge in [0.15, 0.2) is 0 Å². The topological polar surface area (TPSA) is 119 Å². The van der Waals surface area contributed by atoms with Crippen LogP contribution in [0.25, 0.3) is 0 Å². The maximum atomic E-state index is 14.0. The van der Waals surface area contributed by atoms with Gasteiger partial charge in [0.25, 0.3) is 0 Å². The average Bonchev–Trinajstić information content (AvgIpc) is 2.71. The number of esters is 1. The molecule has 35 heavy (non-hydrogen) atoms. The van der Waals surface area contributed by atoms with E-state index in [1.165, 1.54) is 0 Å². The smallest absolute Gasteiger partial charge is 0.412 e. The van der Waals surface area contributed by atoms with E-state index in [2.05, 4.69) is 21.4 Å². The van der Waals surface area contributed by atoms with E-state index in [0.29, 0.717) is 25.7 Å². The van der Waals surface area contributed by atoms with Gasteiger partial charge in [0.2, 0.25) is 0 Å². The zero-order valence-corrected chi connectivity index (χ0v) is 19.4. The number of ether oxygens (including phenoxy) is 2. The van der Waals surface area contributed by atoms with E-state index in [1.807, 2.05) is 0 Å². The van der Waals surface area contributed by atoms with Crippen LogP contribution in [0.1, 0.15) is 58.3 Å². The van der Waals surface area contributed by atoms with Crippen LogP contribution in [0.2, 0.25) is 0 Å². The highest BCUT2D eigenvalue weighted by molar-refractivity contribution is 7.87. The molecule has 1 saturated carbocycles. The third-order valence-electron chi connectivity index (χ3n) is 5.14. The number of nitrogens with one attached hydrogen (secondary N) is 1. The third kappa shape index (κ3) is 7.52. The minimum Gasteiger partial charge on any atom is -0.412 e. The Bertz CT molecular complexity index is 886. The molecule has 1 fully saturated rings. The number of carbonyl (C=O) groups excluding carboxylic acids is 2. The van der Waals surface area contributed by atoms with Crippen LogP contribution in [0, 0.1) is 0 Å². The number of carbonyl (C=O) groups is 2. The molecule has 0 bridgehead atoms. The number of rotatable bonds is 12. The molecule has 204 valence electrons. The van der Waals surface area contributed by atoms with Crippen LogP contribution in [-0.4, -0.2) is 60.6 Å². The zero-order valence-electron chi connectivity index (χ0n) is 18.6. The van der Waals surface area contributed by atoms with E-state index >= 15 is 0 Å². The van der Waals surface area contributed by atoms with Crippen LogP contribution in [0.3, 0.4) is 0 Å². The summed E-state index contributed by atoms with van der Waals surface area (Å²) in [4.78, 5) is 24.5. The quantitative estimate of drug-likeness (QED) is 0.0946. The zero-order chi connectivity index (χ0) is 27.3. The normalized spacial score (nSPS) is 18.0. The van der Waals surface area contributed by atoms with Crippen molar-refractivity contribution in [2.45, 2.75) is 87.5 Å². The Hall–Kier alpha value is -1.94. The Labute approximate surface area is 197 Å². The molecule has 0 aromatic carbocycles. The molecule has 1 amide bonds. The van der Waals surface area contributed by atoms with Crippen molar-refractivity contribution < 1.29 is 62.8 Å². The Kier molecular flexibility index (Phi) is 10.1. The summed E-state index contributed by atoms with van der Waals surface area (Å²) in [6.45, 7) is 2.95. The number of unbranched alkanes of at least 4 members (excludes halogenated alkanes) is 1. The average molecular weight is 545 g/mol. The standard InChI is InChI=1S/C19H26F7NO7S/c1-12(2)14(28)34-17(18(22,23)24,15(29)27-13-8-4-3-5-9-13)33-11-7-6-10-16(20,21)19(25,26)35(30,31)32/h13H,1,3-11H2,2H3,(H,27,29)(H,30,31,32). The molecule has 0 radical (unpaired) electrons. The maximum absolute atomic E-state index is 14.0. The lowest BCUT2D eigenvalue weighted by Gasteiger charge is -2.35. The Morgan fingerprint density at radius 1 is 1.03 bits per heavy atom. The summed E-state index contributed by atoms with van der Waals surface area (Å²) in [7, 11) is -6.47. The van der Waals surface area contributed by atoms with Crippen molar-refractivity contribution >= 4 is 22.0 Å². The highest BCUT2D eigenvalue weighted by Gasteiger charge is 2.67. The molecule has 0 aromatic heterocycles. The lowest BCUT2D eigenvalue weighted by Crippen LogP contribution is -2.63. The summed E-state index contributed by atoms with van der Waals surface area (Å²) in [5.74, 6) is -12.9. The second-order valence-electron chi connectivity index (χ2n) is 8.09. The van der Waals surface area contributed by atoms with E-state index in [-0.39, 0.29) is 0 Å². The summed E-state index contributed by atoms with van der Waals surface area (Å²) < 4.78 is 134. The SMILES string of the molecule is C=C(C)C(=O)OC(OCCCCC(F)(F)C(F)(F)S(=O)(=O)O)(C(=O)NC1CCCCC1)C(F)(F)F. The van der Waals surface area contributed by atoms with Gasteiger partial charge < -0.3 is 14.8 Å². The lowest BCUT2D eigenvalue weighted by molar-refractivity contribution is -0.347. The molecule has 1 unspecified atom stereocenters. The first-order chi connectivity index (χ1) is 15.8. The number of amides is 1. The second-order valence-corrected chi connectivity index (χ2v) is 9.56.